The maximum absolute atomic E-state index is 14.8. The number of benzene rings is 1. The highest BCUT2D eigenvalue weighted by Gasteiger charge is 2.23. The quantitative estimate of drug-likeness (QED) is 0.167. The van der Waals surface area contributed by atoms with Crippen LogP contribution in [0.1, 0.15) is 38.5 Å². The number of H-pyrrole nitrogens is 2. The fourth-order valence-electron chi connectivity index (χ4n) is 6.66. The first-order valence-electron chi connectivity index (χ1n) is 16.2. The van der Waals surface area contributed by atoms with E-state index in [2.05, 4.69) is 35.4 Å². The Morgan fingerprint density at radius 1 is 0.915 bits per heavy atom. The van der Waals surface area contributed by atoms with Gasteiger partial charge in [-0.3, -0.25) is 24.8 Å². The molecule has 0 atom stereocenters. The zero-order chi connectivity index (χ0) is 31.7. The van der Waals surface area contributed by atoms with Crippen LogP contribution in [0.25, 0.3) is 56.0 Å². The van der Waals surface area contributed by atoms with Gasteiger partial charge in [0.1, 0.15) is 23.7 Å². The Hall–Kier alpha value is -5.23. The number of amides is 1. The van der Waals surface area contributed by atoms with Crippen molar-refractivity contribution in [3.8, 4) is 39.7 Å². The third-order valence-electron chi connectivity index (χ3n) is 9.11. The van der Waals surface area contributed by atoms with Crippen molar-refractivity contribution < 1.29 is 13.9 Å². The van der Waals surface area contributed by atoms with E-state index in [0.717, 1.165) is 56.4 Å². The molecule has 238 valence electrons. The lowest BCUT2D eigenvalue weighted by Gasteiger charge is -2.15. The Bertz CT molecular complexity index is 2080. The number of aromatic amines is 2. The maximum atomic E-state index is 14.8. The lowest BCUT2D eigenvalue weighted by Crippen LogP contribution is -2.25. The Kier molecular flexibility index (Phi) is 7.78. The van der Waals surface area contributed by atoms with Crippen LogP contribution in [-0.2, 0) is 4.79 Å². The topological polar surface area (TPSA) is 138 Å². The highest BCUT2D eigenvalue weighted by Crippen LogP contribution is 2.33. The van der Waals surface area contributed by atoms with Gasteiger partial charge in [0.15, 0.2) is 11.5 Å². The molecule has 2 fully saturated rings. The van der Waals surface area contributed by atoms with Crippen LogP contribution in [0.3, 0.4) is 0 Å². The first-order chi connectivity index (χ1) is 23.1. The summed E-state index contributed by atoms with van der Waals surface area (Å²) in [6, 6.07) is 10.4. The molecule has 0 bridgehead atoms. The van der Waals surface area contributed by atoms with Crippen molar-refractivity contribution in [3.63, 3.8) is 0 Å². The van der Waals surface area contributed by atoms with Crippen LogP contribution >= 0.6 is 0 Å². The largest absolute Gasteiger partial charge is 0.492 e. The number of carbonyl (C=O) groups excluding carboxylic acids is 1. The maximum Gasteiger partial charge on any atom is 0.227 e. The van der Waals surface area contributed by atoms with E-state index in [0.29, 0.717) is 62.9 Å². The van der Waals surface area contributed by atoms with Crippen LogP contribution in [-0.4, -0.2) is 72.2 Å². The minimum absolute atomic E-state index is 0.0419. The van der Waals surface area contributed by atoms with Gasteiger partial charge in [0.05, 0.1) is 40.3 Å². The number of imidazole rings is 1. The zero-order valence-electron chi connectivity index (χ0n) is 25.8. The van der Waals surface area contributed by atoms with Gasteiger partial charge in [-0.1, -0.05) is 12.8 Å². The lowest BCUT2D eigenvalue weighted by atomic mass is 10.1. The van der Waals surface area contributed by atoms with Gasteiger partial charge < -0.3 is 15.0 Å². The van der Waals surface area contributed by atoms with Crippen molar-refractivity contribution in [1.29, 1.82) is 0 Å². The number of nitrogens with zero attached hydrogens (tertiary/aromatic N) is 6. The number of rotatable bonds is 9. The van der Waals surface area contributed by atoms with E-state index in [1.54, 1.807) is 24.8 Å². The summed E-state index contributed by atoms with van der Waals surface area (Å²) in [5.74, 6) is 0.679. The summed E-state index contributed by atoms with van der Waals surface area (Å²) in [6.07, 6.45) is 13.2. The first kappa shape index (κ1) is 29.2. The summed E-state index contributed by atoms with van der Waals surface area (Å²) in [4.78, 5) is 37.0. The van der Waals surface area contributed by atoms with Gasteiger partial charge in [-0.05, 0) is 74.7 Å². The monoisotopic (exact) mass is 631 g/mol. The Morgan fingerprint density at radius 3 is 2.64 bits per heavy atom. The summed E-state index contributed by atoms with van der Waals surface area (Å²) < 4.78 is 20.7. The van der Waals surface area contributed by atoms with Crippen LogP contribution in [0, 0.1) is 11.7 Å². The minimum atomic E-state index is -0.391. The van der Waals surface area contributed by atoms with Gasteiger partial charge in [-0.15, -0.1) is 0 Å². The lowest BCUT2D eigenvalue weighted by molar-refractivity contribution is -0.119. The summed E-state index contributed by atoms with van der Waals surface area (Å²) in [5.41, 5.74) is 6.59. The first-order valence-corrected chi connectivity index (χ1v) is 16.2. The molecule has 1 amide bonds. The number of halogens is 1. The van der Waals surface area contributed by atoms with Crippen LogP contribution in [0.5, 0.6) is 5.75 Å². The van der Waals surface area contributed by atoms with Crippen molar-refractivity contribution in [3.05, 3.63) is 67.0 Å². The van der Waals surface area contributed by atoms with Crippen molar-refractivity contribution in [2.45, 2.75) is 38.5 Å². The van der Waals surface area contributed by atoms with E-state index < -0.39 is 5.82 Å². The van der Waals surface area contributed by atoms with Gasteiger partial charge in [0, 0.05) is 42.0 Å². The van der Waals surface area contributed by atoms with Crippen molar-refractivity contribution >= 4 is 33.7 Å². The fourth-order valence-corrected chi connectivity index (χ4v) is 6.66. The number of aromatic nitrogens is 7. The number of hydrogen-bond acceptors (Lipinski definition) is 8. The second-order valence-corrected chi connectivity index (χ2v) is 12.3. The molecule has 47 heavy (non-hydrogen) atoms. The van der Waals surface area contributed by atoms with Gasteiger partial charge in [-0.25, -0.2) is 14.4 Å². The smallest absolute Gasteiger partial charge is 0.227 e. The van der Waals surface area contributed by atoms with E-state index in [-0.39, 0.29) is 11.8 Å². The van der Waals surface area contributed by atoms with E-state index in [1.807, 2.05) is 24.3 Å². The Labute approximate surface area is 270 Å². The van der Waals surface area contributed by atoms with Crippen LogP contribution in [0.4, 0.5) is 10.1 Å². The molecule has 1 aliphatic heterocycles. The molecule has 0 unspecified atom stereocenters. The molecule has 11 nitrogen and oxygen atoms in total. The molecule has 1 saturated heterocycles. The van der Waals surface area contributed by atoms with E-state index in [1.165, 1.54) is 25.0 Å². The van der Waals surface area contributed by atoms with Crippen LogP contribution in [0.2, 0.25) is 0 Å². The van der Waals surface area contributed by atoms with Crippen molar-refractivity contribution in [2.75, 3.05) is 31.6 Å². The van der Waals surface area contributed by atoms with Crippen molar-refractivity contribution in [2.24, 2.45) is 5.92 Å². The summed E-state index contributed by atoms with van der Waals surface area (Å²) in [5, 5.41) is 10.6. The summed E-state index contributed by atoms with van der Waals surface area (Å²) >= 11 is 0. The third-order valence-corrected chi connectivity index (χ3v) is 9.11. The van der Waals surface area contributed by atoms with E-state index in [4.69, 9.17) is 14.7 Å². The minimum Gasteiger partial charge on any atom is -0.492 e. The Morgan fingerprint density at radius 2 is 1.77 bits per heavy atom. The molecule has 3 N–H and O–H groups in total. The molecule has 1 aliphatic carbocycles. The molecule has 1 saturated carbocycles. The van der Waals surface area contributed by atoms with Crippen molar-refractivity contribution in [1.82, 2.24) is 40.0 Å². The van der Waals surface area contributed by atoms with Crippen LogP contribution in [0.15, 0.2) is 61.2 Å². The number of fused-ring (bicyclic) bond motifs is 2. The van der Waals surface area contributed by atoms with Gasteiger partial charge in [0.25, 0.3) is 0 Å². The van der Waals surface area contributed by atoms with E-state index >= 15 is 0 Å². The van der Waals surface area contributed by atoms with Gasteiger partial charge in [-0.2, -0.15) is 5.10 Å². The molecule has 5 aromatic heterocycles. The number of anilines is 1. The van der Waals surface area contributed by atoms with Crippen LogP contribution < -0.4 is 10.1 Å². The molecule has 8 rings (SSSR count). The van der Waals surface area contributed by atoms with Gasteiger partial charge >= 0.3 is 0 Å². The molecule has 2 aliphatic rings. The van der Waals surface area contributed by atoms with E-state index in [9.17, 15) is 9.18 Å². The molecule has 6 aromatic rings. The summed E-state index contributed by atoms with van der Waals surface area (Å²) in [7, 11) is 0. The molecule has 0 spiro atoms. The molecular formula is C35H34FN9O2. The molecule has 1 aromatic carbocycles. The molecule has 12 heteroatoms. The third kappa shape index (κ3) is 6.03. The normalized spacial score (nSPS) is 15.6. The average Bonchev–Trinajstić information content (AvgIpc) is 3.91. The fraction of sp³-hybridized carbons (Fsp3) is 0.314. The number of ether oxygens (including phenoxy) is 1. The molecule has 6 heterocycles. The predicted octanol–water partition coefficient (Wildman–Crippen LogP) is 6.37. The SMILES string of the molecule is O=C(Nc1cncc(-c2ccc3[nH]nc(-c4nc5c(-c6cc(F)cc(OCCN7CCCC7)c6)cncc5[nH]4)c3n2)c1)C1CCCC1. The number of hydrogen-bond donors (Lipinski definition) is 3. The second-order valence-electron chi connectivity index (χ2n) is 12.3. The number of carbonyl (C=O) groups is 1. The number of likely N-dealkylation sites (tertiary alicyclic amines) is 1. The van der Waals surface area contributed by atoms with Gasteiger partial charge in [0.2, 0.25) is 5.91 Å². The Balaban J connectivity index is 1.08. The molecule has 0 radical (unpaired) electrons. The summed E-state index contributed by atoms with van der Waals surface area (Å²) in [6.45, 7) is 3.48. The second kappa shape index (κ2) is 12.5. The zero-order valence-corrected chi connectivity index (χ0v) is 25.8. The highest BCUT2D eigenvalue weighted by molar-refractivity contribution is 5.96. The molecular weight excluding hydrogens is 597 g/mol. The number of nitrogens with one attached hydrogen (secondary N) is 3. The predicted molar refractivity (Wildman–Crippen MR) is 177 cm³/mol. The average molecular weight is 632 g/mol. The highest BCUT2D eigenvalue weighted by atomic mass is 19.1. The number of pyridine rings is 3. The standard InChI is InChI=1S/C35H34FN9O2/c36-24-13-22(15-26(16-24)47-12-11-45-9-3-4-10-45)27-19-38-20-30-31(27)42-34(41-30)33-32-29(43-44-33)8-7-28(40-32)23-14-25(18-37-17-23)39-35(46)21-5-1-2-6-21/h7-8,13-21H,1-6,9-12H2,(H,39,46)(H,41,42)(H,43,44).